The van der Waals surface area contributed by atoms with Crippen molar-refractivity contribution >= 4 is 24.1 Å². The first-order valence-corrected chi connectivity index (χ1v) is 3.89. The summed E-state index contributed by atoms with van der Waals surface area (Å²) in [5.41, 5.74) is 0. The van der Waals surface area contributed by atoms with Crippen LogP contribution in [-0.2, 0) is 14.4 Å². The number of aliphatic carboxylic acids is 3. The summed E-state index contributed by atoms with van der Waals surface area (Å²) in [6, 6.07) is 0. The molecule has 0 aliphatic rings. The van der Waals surface area contributed by atoms with Crippen LogP contribution in [0.4, 0.5) is 4.79 Å². The maximum atomic E-state index is 9.99. The van der Waals surface area contributed by atoms with E-state index in [0.29, 0.717) is 4.90 Å². The molecule has 10 nitrogen and oxygen atoms in total. The van der Waals surface area contributed by atoms with Crippen LogP contribution in [0.25, 0.3) is 0 Å². The molecular formula is C7H8NNa3O9. The van der Waals surface area contributed by atoms with Gasteiger partial charge in [0.15, 0.2) is 0 Å². The number of carbonyl (C=O) groups excluding carboxylic acids is 3. The third-order valence-electron chi connectivity index (χ3n) is 1.06. The molecule has 20 heavy (non-hydrogen) atoms. The quantitative estimate of drug-likeness (QED) is 0.446. The van der Waals surface area contributed by atoms with Crippen molar-refractivity contribution in [2.24, 2.45) is 0 Å². The van der Waals surface area contributed by atoms with E-state index in [9.17, 15) is 29.7 Å². The predicted octanol–water partition coefficient (Wildman–Crippen LogP) is -14.2. The molecule has 98 valence electrons. The number of carbonyl (C=O) groups is 4. The molecule has 0 saturated carbocycles. The molecule has 2 N–H and O–H groups in total. The monoisotopic (exact) mass is 319 g/mol. The zero-order valence-corrected chi connectivity index (χ0v) is 17.3. The van der Waals surface area contributed by atoms with Crippen LogP contribution in [0.3, 0.4) is 0 Å². The van der Waals surface area contributed by atoms with Crippen LogP contribution in [0.15, 0.2) is 0 Å². The zero-order valence-electron chi connectivity index (χ0n) is 11.3. The molecule has 0 heterocycles. The van der Waals surface area contributed by atoms with E-state index in [1.165, 1.54) is 0 Å². The SMILES string of the molecule is O=C(O)O.O=C([O-])CN(CC(=O)[O-])CC(=O)[O-].[Na+].[Na+].[Na+]. The number of carboxylic acids is 3. The molecule has 0 spiro atoms. The summed E-state index contributed by atoms with van der Waals surface area (Å²) in [4.78, 5) is 39.1. The molecule has 0 fully saturated rings. The van der Waals surface area contributed by atoms with Gasteiger partial charge in [-0.3, -0.25) is 4.90 Å². The Hall–Kier alpha value is 0.640. The van der Waals surface area contributed by atoms with Gasteiger partial charge in [-0.05, 0) is 0 Å². The topological polar surface area (TPSA) is 181 Å². The third kappa shape index (κ3) is 36.3. The maximum Gasteiger partial charge on any atom is 1.00 e. The van der Waals surface area contributed by atoms with Crippen LogP contribution in [0, 0.1) is 0 Å². The van der Waals surface area contributed by atoms with E-state index >= 15 is 0 Å². The molecule has 0 atom stereocenters. The molecule has 0 aromatic carbocycles. The van der Waals surface area contributed by atoms with Crippen molar-refractivity contribution in [2.45, 2.75) is 0 Å². The van der Waals surface area contributed by atoms with Crippen LogP contribution in [-0.4, -0.2) is 58.8 Å². The van der Waals surface area contributed by atoms with Crippen LogP contribution in [0.1, 0.15) is 0 Å². The molecule has 0 rings (SSSR count). The number of hydrogen-bond acceptors (Lipinski definition) is 8. The van der Waals surface area contributed by atoms with Crippen molar-refractivity contribution in [1.82, 2.24) is 4.90 Å². The Morgan fingerprint density at radius 2 is 0.850 bits per heavy atom. The van der Waals surface area contributed by atoms with Gasteiger partial charge in [0.05, 0.1) is 17.9 Å². The average molecular weight is 319 g/mol. The van der Waals surface area contributed by atoms with Gasteiger partial charge in [-0.25, -0.2) is 4.79 Å². The molecule has 0 aliphatic heterocycles. The van der Waals surface area contributed by atoms with Gasteiger partial charge < -0.3 is 39.9 Å². The van der Waals surface area contributed by atoms with E-state index in [0.717, 1.165) is 0 Å². The van der Waals surface area contributed by atoms with Gasteiger partial charge in [0.25, 0.3) is 0 Å². The first-order chi connectivity index (χ1) is 7.65. The second-order valence-corrected chi connectivity index (χ2v) is 2.54. The van der Waals surface area contributed by atoms with E-state index in [2.05, 4.69) is 0 Å². The summed E-state index contributed by atoms with van der Waals surface area (Å²) >= 11 is 0. The van der Waals surface area contributed by atoms with Gasteiger partial charge in [0.1, 0.15) is 0 Å². The van der Waals surface area contributed by atoms with E-state index in [1.54, 1.807) is 0 Å². The average Bonchev–Trinajstić information content (AvgIpc) is 1.96. The number of nitrogens with zero attached hydrogens (tertiary/aromatic N) is 1. The Balaban J connectivity index is -0.0000000951. The van der Waals surface area contributed by atoms with Gasteiger partial charge in [0, 0.05) is 19.6 Å². The summed E-state index contributed by atoms with van der Waals surface area (Å²) < 4.78 is 0. The minimum Gasteiger partial charge on any atom is -0.549 e. The van der Waals surface area contributed by atoms with E-state index in [1.807, 2.05) is 0 Å². The second kappa shape index (κ2) is 19.6. The van der Waals surface area contributed by atoms with E-state index in [4.69, 9.17) is 15.0 Å². The number of rotatable bonds is 6. The van der Waals surface area contributed by atoms with Gasteiger partial charge in [-0.2, -0.15) is 0 Å². The van der Waals surface area contributed by atoms with Crippen LogP contribution in [0.5, 0.6) is 0 Å². The fourth-order valence-electron chi connectivity index (χ4n) is 0.715. The maximum absolute atomic E-state index is 9.99. The third-order valence-corrected chi connectivity index (χ3v) is 1.06. The molecule has 0 bridgehead atoms. The normalized spacial score (nSPS) is 7.65. The van der Waals surface area contributed by atoms with Crippen molar-refractivity contribution in [3.8, 4) is 0 Å². The van der Waals surface area contributed by atoms with Crippen LogP contribution < -0.4 is 104 Å². The second-order valence-electron chi connectivity index (χ2n) is 2.54. The molecule has 0 radical (unpaired) electrons. The molecular weight excluding hydrogens is 311 g/mol. The predicted molar refractivity (Wildman–Crippen MR) is 42.1 cm³/mol. The Bertz CT molecular complexity index is 270. The van der Waals surface area contributed by atoms with Gasteiger partial charge in [-0.15, -0.1) is 0 Å². The minimum atomic E-state index is -1.83. The number of carboxylic acid groups (broad SMARTS) is 5. The molecule has 0 aromatic heterocycles. The smallest absolute Gasteiger partial charge is 0.549 e. The Kier molecular flexibility index (Phi) is 32.0. The molecule has 0 amide bonds. The number of hydrogen-bond donors (Lipinski definition) is 2. The van der Waals surface area contributed by atoms with Crippen molar-refractivity contribution < 1.29 is 133 Å². The minimum absolute atomic E-state index is 0. The fourth-order valence-corrected chi connectivity index (χ4v) is 0.715. The van der Waals surface area contributed by atoms with Crippen molar-refractivity contribution in [1.29, 1.82) is 0 Å². The van der Waals surface area contributed by atoms with Crippen LogP contribution in [0.2, 0.25) is 0 Å². The van der Waals surface area contributed by atoms with E-state index < -0.39 is 43.7 Å². The summed E-state index contributed by atoms with van der Waals surface area (Å²) in [6.07, 6.45) is -1.83. The first-order valence-electron chi connectivity index (χ1n) is 3.89. The van der Waals surface area contributed by atoms with Crippen molar-refractivity contribution in [3.05, 3.63) is 0 Å². The molecule has 0 saturated heterocycles. The van der Waals surface area contributed by atoms with Crippen molar-refractivity contribution in [3.63, 3.8) is 0 Å². The summed E-state index contributed by atoms with van der Waals surface area (Å²) in [6.45, 7) is -2.37. The van der Waals surface area contributed by atoms with E-state index in [-0.39, 0.29) is 88.7 Å². The summed E-state index contributed by atoms with van der Waals surface area (Å²) in [7, 11) is 0. The molecule has 0 unspecified atom stereocenters. The first kappa shape index (κ1) is 32.5. The summed E-state index contributed by atoms with van der Waals surface area (Å²) in [5.74, 6) is -4.70. The fraction of sp³-hybridized carbons (Fsp3) is 0.429. The largest absolute Gasteiger partial charge is 1.00 e. The Labute approximate surface area is 180 Å². The molecule has 0 aliphatic carbocycles. The molecule has 0 aromatic rings. The van der Waals surface area contributed by atoms with Crippen LogP contribution >= 0.6 is 0 Å². The Morgan fingerprint density at radius 1 is 0.700 bits per heavy atom. The van der Waals surface area contributed by atoms with Gasteiger partial charge in [-0.1, -0.05) is 0 Å². The van der Waals surface area contributed by atoms with Gasteiger partial charge >= 0.3 is 94.8 Å². The van der Waals surface area contributed by atoms with Gasteiger partial charge in [0.2, 0.25) is 0 Å². The Morgan fingerprint density at radius 3 is 0.950 bits per heavy atom. The molecule has 13 heteroatoms. The van der Waals surface area contributed by atoms with Crippen molar-refractivity contribution in [2.75, 3.05) is 19.6 Å². The standard InChI is InChI=1S/C6H9NO6.CH2O3.3Na/c8-4(9)1-7(2-5(10)11)3-6(12)13;2-1(3)4;;;/h1-3H2,(H,8,9)(H,10,11)(H,12,13);(H2,2,3,4);;;/q;;3*+1/p-3. The summed E-state index contributed by atoms with van der Waals surface area (Å²) in [5, 5.41) is 43.9. The zero-order chi connectivity index (χ0) is 14.0.